The molecular weight excluding hydrogens is 426 g/mol. The van der Waals surface area contributed by atoms with Gasteiger partial charge in [-0.2, -0.15) is 0 Å². The lowest BCUT2D eigenvalue weighted by Gasteiger charge is -2.11. The molecule has 0 spiro atoms. The predicted molar refractivity (Wildman–Crippen MR) is 111 cm³/mol. The van der Waals surface area contributed by atoms with Gasteiger partial charge in [-0.25, -0.2) is 14.4 Å². The first-order chi connectivity index (χ1) is 15.2. The quantitative estimate of drug-likeness (QED) is 0.266. The molecule has 0 atom stereocenters. The van der Waals surface area contributed by atoms with Crippen molar-refractivity contribution in [3.63, 3.8) is 0 Å². The third kappa shape index (κ3) is 5.78. The Morgan fingerprint density at radius 1 is 0.938 bits per heavy atom. The average Bonchev–Trinajstić information content (AvgIpc) is 2.80. The molecule has 12 heteroatoms. The van der Waals surface area contributed by atoms with E-state index < -0.39 is 35.3 Å². The third-order valence-corrected chi connectivity index (χ3v) is 4.10. The number of rotatable bonds is 8. The fourth-order valence-corrected chi connectivity index (χ4v) is 2.61. The molecule has 1 amide bonds. The number of ether oxygens (including phenoxy) is 3. The second-order valence-corrected chi connectivity index (χ2v) is 6.14. The molecule has 0 aliphatic rings. The number of carbonyl (C=O) groups is 4. The molecule has 0 aliphatic carbocycles. The molecule has 168 valence electrons. The van der Waals surface area contributed by atoms with Crippen LogP contribution in [-0.2, 0) is 19.0 Å². The summed E-state index contributed by atoms with van der Waals surface area (Å²) in [5.74, 6) is -3.25. The molecule has 2 aromatic carbocycles. The fraction of sp³-hybridized carbons (Fsp3) is 0.200. The van der Waals surface area contributed by atoms with Gasteiger partial charge in [-0.15, -0.1) is 0 Å². The minimum Gasteiger partial charge on any atom is -0.465 e. The molecule has 2 rings (SSSR count). The second kappa shape index (κ2) is 10.5. The van der Waals surface area contributed by atoms with Crippen LogP contribution in [0.3, 0.4) is 0 Å². The lowest BCUT2D eigenvalue weighted by Crippen LogP contribution is -2.22. The topological polar surface area (TPSA) is 163 Å². The Hall–Kier alpha value is -4.48. The summed E-state index contributed by atoms with van der Waals surface area (Å²) in [6.45, 7) is -0.735. The van der Waals surface area contributed by atoms with Crippen LogP contribution in [0.25, 0.3) is 0 Å². The Kier molecular flexibility index (Phi) is 7.82. The van der Waals surface area contributed by atoms with Gasteiger partial charge in [0.05, 0.1) is 35.8 Å². The zero-order valence-corrected chi connectivity index (χ0v) is 17.3. The second-order valence-electron chi connectivity index (χ2n) is 6.14. The highest BCUT2D eigenvalue weighted by Gasteiger charge is 2.19. The van der Waals surface area contributed by atoms with Crippen LogP contribution in [0.4, 0.5) is 17.1 Å². The van der Waals surface area contributed by atoms with E-state index in [9.17, 15) is 29.3 Å². The van der Waals surface area contributed by atoms with E-state index in [0.717, 1.165) is 20.3 Å². The average molecular weight is 445 g/mol. The molecule has 32 heavy (non-hydrogen) atoms. The molecule has 2 aromatic rings. The number of non-ortho nitro benzene ring substituents is 1. The van der Waals surface area contributed by atoms with E-state index in [0.29, 0.717) is 0 Å². The van der Waals surface area contributed by atoms with Crippen LogP contribution in [0.1, 0.15) is 31.1 Å². The summed E-state index contributed by atoms with van der Waals surface area (Å²) >= 11 is 0. The van der Waals surface area contributed by atoms with E-state index in [-0.39, 0.29) is 33.8 Å². The summed E-state index contributed by atoms with van der Waals surface area (Å²) in [6.07, 6.45) is 0. The number of esters is 3. The standard InChI is InChI=1S/C20H19N3O9/c1-21-16-5-4-14(23(28)29)9-15(16)20(27)32-10-17(24)22-13-7-11(18(25)30-2)6-12(8-13)19(26)31-3/h4-9,21H,10H2,1-3H3,(H,22,24). The fourth-order valence-electron chi connectivity index (χ4n) is 2.61. The van der Waals surface area contributed by atoms with Crippen molar-refractivity contribution in [3.8, 4) is 0 Å². The van der Waals surface area contributed by atoms with Crippen molar-refractivity contribution < 1.29 is 38.3 Å². The maximum Gasteiger partial charge on any atom is 0.341 e. The van der Waals surface area contributed by atoms with E-state index in [2.05, 4.69) is 20.1 Å². The number of hydrogen-bond donors (Lipinski definition) is 2. The van der Waals surface area contributed by atoms with Crippen LogP contribution >= 0.6 is 0 Å². The summed E-state index contributed by atoms with van der Waals surface area (Å²) in [5.41, 5.74) is -0.156. The molecule has 0 unspecified atom stereocenters. The number of amides is 1. The number of nitrogens with zero attached hydrogens (tertiary/aromatic N) is 1. The van der Waals surface area contributed by atoms with Gasteiger partial charge < -0.3 is 24.8 Å². The van der Waals surface area contributed by atoms with Gasteiger partial charge in [0.2, 0.25) is 0 Å². The third-order valence-electron chi connectivity index (χ3n) is 4.10. The molecule has 0 heterocycles. The molecule has 0 aliphatic heterocycles. The number of benzene rings is 2. The smallest absolute Gasteiger partial charge is 0.341 e. The maximum absolute atomic E-state index is 12.3. The Labute approximate surface area is 181 Å². The first-order valence-electron chi connectivity index (χ1n) is 8.95. The molecule has 12 nitrogen and oxygen atoms in total. The lowest BCUT2D eigenvalue weighted by atomic mass is 10.1. The summed E-state index contributed by atoms with van der Waals surface area (Å²) in [5, 5.41) is 16.0. The first-order valence-corrected chi connectivity index (χ1v) is 8.95. The molecule has 0 bridgehead atoms. The van der Waals surface area contributed by atoms with Crippen molar-refractivity contribution in [2.75, 3.05) is 38.5 Å². The van der Waals surface area contributed by atoms with Gasteiger partial charge in [0, 0.05) is 30.6 Å². The Morgan fingerprint density at radius 3 is 2.03 bits per heavy atom. The number of nitro groups is 1. The van der Waals surface area contributed by atoms with Gasteiger partial charge in [-0.05, 0) is 24.3 Å². The summed E-state index contributed by atoms with van der Waals surface area (Å²) in [4.78, 5) is 58.5. The van der Waals surface area contributed by atoms with Crippen LogP contribution in [0.2, 0.25) is 0 Å². The maximum atomic E-state index is 12.3. The number of hydrogen-bond acceptors (Lipinski definition) is 10. The molecule has 0 saturated heterocycles. The lowest BCUT2D eigenvalue weighted by molar-refractivity contribution is -0.384. The van der Waals surface area contributed by atoms with Crippen molar-refractivity contribution in [1.29, 1.82) is 0 Å². The van der Waals surface area contributed by atoms with Gasteiger partial charge in [0.15, 0.2) is 6.61 Å². The SMILES string of the molecule is CNc1ccc([N+](=O)[O-])cc1C(=O)OCC(=O)Nc1cc(C(=O)OC)cc(C(=O)OC)c1. The van der Waals surface area contributed by atoms with Crippen LogP contribution in [0, 0.1) is 10.1 Å². The largest absolute Gasteiger partial charge is 0.465 e. The van der Waals surface area contributed by atoms with Crippen molar-refractivity contribution in [2.45, 2.75) is 0 Å². The number of anilines is 2. The van der Waals surface area contributed by atoms with E-state index in [1.807, 2.05) is 0 Å². The monoisotopic (exact) mass is 445 g/mol. The molecule has 0 aromatic heterocycles. The van der Waals surface area contributed by atoms with E-state index in [4.69, 9.17) is 4.74 Å². The summed E-state index contributed by atoms with van der Waals surface area (Å²) < 4.78 is 14.2. The molecular formula is C20H19N3O9. The van der Waals surface area contributed by atoms with Crippen LogP contribution in [0.15, 0.2) is 36.4 Å². The molecule has 2 N–H and O–H groups in total. The highest BCUT2D eigenvalue weighted by Crippen LogP contribution is 2.23. The Morgan fingerprint density at radius 2 is 1.53 bits per heavy atom. The Balaban J connectivity index is 2.15. The van der Waals surface area contributed by atoms with Gasteiger partial charge in [0.1, 0.15) is 0 Å². The molecule has 0 fully saturated rings. The van der Waals surface area contributed by atoms with E-state index >= 15 is 0 Å². The minimum atomic E-state index is -0.966. The first kappa shape index (κ1) is 23.8. The number of carbonyl (C=O) groups excluding carboxylic acids is 4. The van der Waals surface area contributed by atoms with Gasteiger partial charge in [0.25, 0.3) is 11.6 Å². The highest BCUT2D eigenvalue weighted by molar-refractivity contribution is 6.01. The van der Waals surface area contributed by atoms with Crippen molar-refractivity contribution in [1.82, 2.24) is 0 Å². The normalized spacial score (nSPS) is 9.97. The summed E-state index contributed by atoms with van der Waals surface area (Å²) in [7, 11) is 3.81. The van der Waals surface area contributed by atoms with Crippen molar-refractivity contribution in [2.24, 2.45) is 0 Å². The zero-order chi connectivity index (χ0) is 23.8. The van der Waals surface area contributed by atoms with Crippen LogP contribution < -0.4 is 10.6 Å². The van der Waals surface area contributed by atoms with Crippen molar-refractivity contribution in [3.05, 3.63) is 63.2 Å². The van der Waals surface area contributed by atoms with Gasteiger partial charge >= 0.3 is 17.9 Å². The Bertz CT molecular complexity index is 1050. The number of nitrogens with one attached hydrogen (secondary N) is 2. The summed E-state index contributed by atoms with van der Waals surface area (Å²) in [6, 6.07) is 7.32. The number of nitro benzene ring substituents is 1. The number of methoxy groups -OCH3 is 2. The highest BCUT2D eigenvalue weighted by atomic mass is 16.6. The van der Waals surface area contributed by atoms with E-state index in [1.165, 1.54) is 37.4 Å². The van der Waals surface area contributed by atoms with Gasteiger partial charge in [-0.1, -0.05) is 0 Å². The molecule has 0 saturated carbocycles. The van der Waals surface area contributed by atoms with Crippen molar-refractivity contribution >= 4 is 40.9 Å². The minimum absolute atomic E-state index is 0.0158. The van der Waals surface area contributed by atoms with Gasteiger partial charge in [-0.3, -0.25) is 14.9 Å². The predicted octanol–water partition coefficient (Wildman–Crippen LogP) is 2.01. The van der Waals surface area contributed by atoms with Crippen LogP contribution in [0.5, 0.6) is 0 Å². The zero-order valence-electron chi connectivity index (χ0n) is 17.3. The van der Waals surface area contributed by atoms with E-state index in [1.54, 1.807) is 0 Å². The van der Waals surface area contributed by atoms with Crippen LogP contribution in [-0.4, -0.2) is 56.6 Å². The molecule has 0 radical (unpaired) electrons.